The van der Waals surface area contributed by atoms with Crippen LogP contribution in [0.1, 0.15) is 49.9 Å². The lowest BCUT2D eigenvalue weighted by molar-refractivity contribution is -0.175. The molecule has 4 aromatic rings. The van der Waals surface area contributed by atoms with Gasteiger partial charge in [0, 0.05) is 72.6 Å². The Morgan fingerprint density at radius 1 is 0.965 bits per heavy atom. The smallest absolute Gasteiger partial charge is 0.508 e. The van der Waals surface area contributed by atoms with Crippen molar-refractivity contribution in [3.05, 3.63) is 81.1 Å². The first-order valence-electron chi connectivity index (χ1n) is 18.7. The van der Waals surface area contributed by atoms with Crippen molar-refractivity contribution in [2.45, 2.75) is 52.9 Å². The summed E-state index contributed by atoms with van der Waals surface area (Å²) in [4.78, 5) is 64.0. The first-order chi connectivity index (χ1) is 27.0. The maximum Gasteiger partial charge on any atom is 0.509 e. The highest BCUT2D eigenvalue weighted by atomic mass is 33.1. The van der Waals surface area contributed by atoms with E-state index in [1.807, 2.05) is 31.2 Å². The van der Waals surface area contributed by atoms with Gasteiger partial charge in [-0.25, -0.2) is 19.4 Å². The number of aromatic hydroxyl groups is 1. The van der Waals surface area contributed by atoms with E-state index in [1.165, 1.54) is 26.5 Å². The minimum atomic E-state index is -1.88. The average Bonchev–Trinajstić information content (AvgIpc) is 3.57. The van der Waals surface area contributed by atoms with Gasteiger partial charge in [-0.2, -0.15) is 0 Å². The van der Waals surface area contributed by atoms with E-state index >= 15 is 0 Å². The molecule has 0 saturated carbocycles. The van der Waals surface area contributed by atoms with Crippen LogP contribution < -0.4 is 15.4 Å². The number of carbonyl (C=O) groups is 3. The number of amides is 1. The monoisotopic (exact) mass is 819 g/mol. The molecule has 1 atom stereocenters. The van der Waals surface area contributed by atoms with Crippen molar-refractivity contribution < 1.29 is 38.4 Å². The topological polar surface area (TPSA) is 153 Å². The molecule has 1 fully saturated rings. The van der Waals surface area contributed by atoms with E-state index in [9.17, 15) is 24.3 Å². The van der Waals surface area contributed by atoms with Gasteiger partial charge in [-0.15, -0.1) is 0 Å². The predicted octanol–water partition coefficient (Wildman–Crippen LogP) is 6.55. The summed E-state index contributed by atoms with van der Waals surface area (Å²) in [6, 6.07) is 14.6. The van der Waals surface area contributed by atoms with Crippen molar-refractivity contribution in [1.29, 1.82) is 0 Å². The SMILES string of the molecule is C.CCc1c2c(nc3ccc(O)cc13)-c1cc3c(c(=O)n1C2)COC(=O)[C@@]3(CC)OC(=O)OCCSSCCOC(=O)N(C)c1ccc(N2CCN(C)CC2)cc1. The quantitative estimate of drug-likeness (QED) is 0.0627. The molecule has 0 bridgehead atoms. The molecule has 14 nitrogen and oxygen atoms in total. The Morgan fingerprint density at radius 3 is 2.35 bits per heavy atom. The number of piperazine rings is 1. The fourth-order valence-corrected chi connectivity index (χ4v) is 9.13. The maximum absolute atomic E-state index is 13.9. The van der Waals surface area contributed by atoms with E-state index in [1.54, 1.807) is 42.8 Å². The molecule has 16 heteroatoms. The molecule has 5 heterocycles. The van der Waals surface area contributed by atoms with E-state index in [0.717, 1.165) is 54.1 Å². The van der Waals surface area contributed by atoms with Crippen molar-refractivity contribution in [1.82, 2.24) is 14.5 Å². The summed E-state index contributed by atoms with van der Waals surface area (Å²) in [6.45, 7) is 7.88. The molecule has 1 amide bonds. The van der Waals surface area contributed by atoms with Crippen LogP contribution in [0.4, 0.5) is 21.0 Å². The van der Waals surface area contributed by atoms with E-state index in [-0.39, 0.29) is 62.6 Å². The number of phenolic OH excluding ortho intramolecular Hbond substituents is 1. The molecule has 1 N–H and O–H groups in total. The van der Waals surface area contributed by atoms with Gasteiger partial charge >= 0.3 is 18.2 Å². The highest BCUT2D eigenvalue weighted by Crippen LogP contribution is 2.42. The Balaban J connectivity index is 0.00000549. The molecule has 0 radical (unpaired) electrons. The summed E-state index contributed by atoms with van der Waals surface area (Å²) in [6.07, 6.45) is -0.851. The number of hydrogen-bond donors (Lipinski definition) is 1. The number of anilines is 2. The van der Waals surface area contributed by atoms with Crippen molar-refractivity contribution in [2.24, 2.45) is 0 Å². The fourth-order valence-electron chi connectivity index (χ4n) is 7.48. The van der Waals surface area contributed by atoms with Gasteiger partial charge in [0.1, 0.15) is 25.6 Å². The molecule has 2 aromatic heterocycles. The van der Waals surface area contributed by atoms with Crippen molar-refractivity contribution in [3.63, 3.8) is 0 Å². The number of rotatable bonds is 12. The zero-order valence-electron chi connectivity index (χ0n) is 31.9. The van der Waals surface area contributed by atoms with Crippen LogP contribution in [-0.2, 0) is 48.9 Å². The van der Waals surface area contributed by atoms with Gasteiger partial charge in [0.2, 0.25) is 5.60 Å². The lowest BCUT2D eigenvalue weighted by atomic mass is 9.85. The van der Waals surface area contributed by atoms with Crippen LogP contribution in [0.3, 0.4) is 0 Å². The van der Waals surface area contributed by atoms with Crippen LogP contribution in [0.5, 0.6) is 5.75 Å². The maximum atomic E-state index is 13.9. The molecule has 57 heavy (non-hydrogen) atoms. The van der Waals surface area contributed by atoms with Gasteiger partial charge in [0.25, 0.3) is 5.56 Å². The Hall–Kier alpha value is -4.93. The third-order valence-corrected chi connectivity index (χ3v) is 12.9. The Morgan fingerprint density at radius 2 is 1.67 bits per heavy atom. The standard InChI is InChI=1S/C40H45N5O9S2.CH4/c1-5-28-29-21-27(46)11-12-33(29)41-35-30(28)23-45-34(35)22-32-31(36(45)47)24-53-37(48)40(32,6-2)54-39(50)52-18-20-56-55-19-17-51-38(49)43(4)25-7-9-26(10-8-25)44-15-13-42(3)14-16-44;/h7-12,21-22,46H,5-6,13-20,23-24H2,1-4H3;1H4/t40-;/m0./s1. The average molecular weight is 820 g/mol. The van der Waals surface area contributed by atoms with Crippen molar-refractivity contribution in [3.8, 4) is 17.1 Å². The lowest BCUT2D eigenvalue weighted by Gasteiger charge is -2.35. The molecular weight excluding hydrogens is 771 g/mol. The second-order valence-electron chi connectivity index (χ2n) is 13.9. The van der Waals surface area contributed by atoms with Gasteiger partial charge < -0.3 is 38.4 Å². The molecule has 0 unspecified atom stereocenters. The van der Waals surface area contributed by atoms with Gasteiger partial charge in [-0.1, -0.05) is 42.9 Å². The van der Waals surface area contributed by atoms with Crippen LogP contribution >= 0.6 is 21.6 Å². The Kier molecular flexibility index (Phi) is 12.9. The molecule has 3 aliphatic heterocycles. The van der Waals surface area contributed by atoms with E-state index < -0.39 is 23.8 Å². The highest BCUT2D eigenvalue weighted by molar-refractivity contribution is 8.76. The normalized spacial score (nSPS) is 17.2. The Labute approximate surface area is 339 Å². The Bertz CT molecular complexity index is 2210. The van der Waals surface area contributed by atoms with Gasteiger partial charge in [-0.05, 0) is 74.0 Å². The van der Waals surface area contributed by atoms with E-state index in [2.05, 4.69) is 16.8 Å². The summed E-state index contributed by atoms with van der Waals surface area (Å²) in [7, 11) is 6.70. The van der Waals surface area contributed by atoms with Crippen molar-refractivity contribution in [2.75, 3.05) is 74.8 Å². The second-order valence-corrected chi connectivity index (χ2v) is 16.6. The number of phenols is 1. The van der Waals surface area contributed by atoms with Crippen LogP contribution in [-0.4, -0.2) is 103 Å². The fraction of sp³-hybridized carbons (Fsp3) is 0.439. The number of nitrogens with zero attached hydrogens (tertiary/aromatic N) is 5. The molecule has 304 valence electrons. The van der Waals surface area contributed by atoms with Crippen LogP contribution in [0.15, 0.2) is 53.3 Å². The first kappa shape index (κ1) is 41.7. The molecular formula is C41H49N5O9S2. The molecule has 0 aliphatic carbocycles. The third kappa shape index (κ3) is 8.25. The summed E-state index contributed by atoms with van der Waals surface area (Å²) in [5.74, 6) is 0.281. The number of esters is 1. The summed E-state index contributed by atoms with van der Waals surface area (Å²) in [5.41, 5.74) is 3.75. The van der Waals surface area contributed by atoms with E-state index in [0.29, 0.717) is 34.8 Å². The number of pyridine rings is 2. The van der Waals surface area contributed by atoms with Gasteiger partial charge in [0.15, 0.2) is 0 Å². The highest BCUT2D eigenvalue weighted by Gasteiger charge is 2.51. The largest absolute Gasteiger partial charge is 0.509 e. The van der Waals surface area contributed by atoms with Crippen LogP contribution in [0.25, 0.3) is 22.3 Å². The summed E-state index contributed by atoms with van der Waals surface area (Å²) >= 11 is 0. The molecule has 3 aliphatic rings. The van der Waals surface area contributed by atoms with Crippen molar-refractivity contribution >= 4 is 62.1 Å². The number of ether oxygens (including phenoxy) is 4. The minimum absolute atomic E-state index is 0. The number of carbonyl (C=O) groups excluding carboxylic acids is 3. The predicted molar refractivity (Wildman–Crippen MR) is 223 cm³/mol. The molecule has 7 rings (SSSR count). The van der Waals surface area contributed by atoms with Crippen LogP contribution in [0.2, 0.25) is 0 Å². The molecule has 1 saturated heterocycles. The molecule has 0 spiro atoms. The minimum Gasteiger partial charge on any atom is -0.508 e. The number of aryl methyl sites for hydroxylation is 1. The number of fused-ring (bicyclic) bond motifs is 5. The zero-order valence-corrected chi connectivity index (χ0v) is 33.5. The zero-order chi connectivity index (χ0) is 39.6. The number of hydrogen-bond acceptors (Lipinski definition) is 14. The first-order valence-corrected chi connectivity index (χ1v) is 21.2. The number of cyclic esters (lactones) is 1. The lowest BCUT2D eigenvalue weighted by Crippen LogP contribution is -2.47. The van der Waals surface area contributed by atoms with E-state index in [4.69, 9.17) is 23.9 Å². The summed E-state index contributed by atoms with van der Waals surface area (Å²) < 4.78 is 23.6. The molecule has 2 aromatic carbocycles. The third-order valence-electron chi connectivity index (χ3n) is 10.6. The van der Waals surface area contributed by atoms with Gasteiger partial charge in [-0.3, -0.25) is 9.69 Å². The van der Waals surface area contributed by atoms with Crippen LogP contribution in [0, 0.1) is 0 Å². The second kappa shape index (κ2) is 17.7. The number of benzene rings is 2. The van der Waals surface area contributed by atoms with Gasteiger partial charge in [0.05, 0.1) is 29.0 Å². The number of likely N-dealkylation sites (N-methyl/N-ethyl adjacent to an activating group) is 1. The number of aromatic nitrogens is 2. The summed E-state index contributed by atoms with van der Waals surface area (Å²) in [5, 5.41) is 11.0.